The number of benzene rings is 2. The smallest absolute Gasteiger partial charge is 0.0485 e. The van der Waals surface area contributed by atoms with E-state index in [4.69, 9.17) is 11.6 Å². The van der Waals surface area contributed by atoms with Gasteiger partial charge in [0, 0.05) is 34.5 Å². The molecule has 100 valence electrons. The van der Waals surface area contributed by atoms with Gasteiger partial charge < -0.3 is 5.32 Å². The fraction of sp³-hybridized carbons (Fsp3) is 0.118. The van der Waals surface area contributed by atoms with Crippen LogP contribution in [0.25, 0.3) is 10.8 Å². The lowest BCUT2D eigenvalue weighted by Gasteiger charge is -2.17. The van der Waals surface area contributed by atoms with Crippen LogP contribution in [0.5, 0.6) is 0 Å². The predicted molar refractivity (Wildman–Crippen MR) is 85.2 cm³/mol. The van der Waals surface area contributed by atoms with E-state index in [1.807, 2.05) is 42.7 Å². The predicted octanol–water partition coefficient (Wildman–Crippen LogP) is 5.06. The third-order valence-electron chi connectivity index (χ3n) is 3.43. The summed E-state index contributed by atoms with van der Waals surface area (Å²) in [7, 11) is 0. The first-order valence-electron chi connectivity index (χ1n) is 6.59. The molecule has 2 aromatic carbocycles. The van der Waals surface area contributed by atoms with Crippen molar-refractivity contribution in [3.05, 3.63) is 71.5 Å². The molecule has 1 aromatic heterocycles. The lowest BCUT2D eigenvalue weighted by atomic mass is 10.1. The fourth-order valence-corrected chi connectivity index (χ4v) is 2.43. The zero-order valence-electron chi connectivity index (χ0n) is 11.2. The molecule has 0 radical (unpaired) electrons. The average molecular weight is 283 g/mol. The van der Waals surface area contributed by atoms with E-state index >= 15 is 0 Å². The molecule has 1 atom stereocenters. The van der Waals surface area contributed by atoms with Crippen LogP contribution in [0, 0.1) is 0 Å². The number of hydrogen-bond donors (Lipinski definition) is 1. The molecule has 3 heteroatoms. The van der Waals surface area contributed by atoms with Gasteiger partial charge >= 0.3 is 0 Å². The zero-order chi connectivity index (χ0) is 13.9. The van der Waals surface area contributed by atoms with E-state index in [0.29, 0.717) is 0 Å². The Bertz CT molecular complexity index is 717. The number of rotatable bonds is 3. The van der Waals surface area contributed by atoms with Crippen molar-refractivity contribution in [3.63, 3.8) is 0 Å². The van der Waals surface area contributed by atoms with E-state index in [0.717, 1.165) is 16.1 Å². The minimum atomic E-state index is 0.207. The molecule has 20 heavy (non-hydrogen) atoms. The van der Waals surface area contributed by atoms with E-state index in [2.05, 4.69) is 35.4 Å². The molecule has 2 nitrogen and oxygen atoms in total. The van der Waals surface area contributed by atoms with Gasteiger partial charge in [0.05, 0.1) is 0 Å². The number of fused-ring (bicyclic) bond motifs is 1. The molecule has 1 heterocycles. The van der Waals surface area contributed by atoms with Crippen LogP contribution < -0.4 is 5.32 Å². The molecule has 0 amide bonds. The van der Waals surface area contributed by atoms with E-state index in [-0.39, 0.29) is 6.04 Å². The van der Waals surface area contributed by atoms with Crippen molar-refractivity contribution in [2.24, 2.45) is 0 Å². The van der Waals surface area contributed by atoms with Crippen LogP contribution in [0.1, 0.15) is 18.5 Å². The molecule has 3 rings (SSSR count). The molecule has 1 N–H and O–H groups in total. The first-order valence-corrected chi connectivity index (χ1v) is 6.96. The Hall–Kier alpha value is -2.06. The molecule has 1 unspecified atom stereocenters. The lowest BCUT2D eigenvalue weighted by molar-refractivity contribution is 0.887. The quantitative estimate of drug-likeness (QED) is 0.726. The van der Waals surface area contributed by atoms with Gasteiger partial charge in [-0.25, -0.2) is 0 Å². The number of nitrogens with one attached hydrogen (secondary N) is 1. The van der Waals surface area contributed by atoms with Crippen LogP contribution in [0.2, 0.25) is 5.02 Å². The van der Waals surface area contributed by atoms with Crippen molar-refractivity contribution < 1.29 is 0 Å². The minimum absolute atomic E-state index is 0.207. The average Bonchev–Trinajstić information content (AvgIpc) is 2.48. The van der Waals surface area contributed by atoms with Gasteiger partial charge in [-0.15, -0.1) is 0 Å². The molecule has 0 spiro atoms. The first-order chi connectivity index (χ1) is 9.74. The summed E-state index contributed by atoms with van der Waals surface area (Å²) in [5, 5.41) is 6.62. The number of halogens is 1. The van der Waals surface area contributed by atoms with Crippen LogP contribution >= 0.6 is 11.6 Å². The minimum Gasteiger partial charge on any atom is -0.378 e. The SMILES string of the molecule is CC(Nc1cccc2ccncc12)c1ccc(Cl)cc1. The third-order valence-corrected chi connectivity index (χ3v) is 3.68. The highest BCUT2D eigenvalue weighted by molar-refractivity contribution is 6.30. The number of nitrogens with zero attached hydrogens (tertiary/aromatic N) is 1. The Balaban J connectivity index is 1.91. The lowest BCUT2D eigenvalue weighted by Crippen LogP contribution is -2.06. The van der Waals surface area contributed by atoms with Gasteiger partial charge in [0.15, 0.2) is 0 Å². The van der Waals surface area contributed by atoms with Crippen LogP contribution in [-0.4, -0.2) is 4.98 Å². The molecule has 0 aliphatic rings. The van der Waals surface area contributed by atoms with Gasteiger partial charge in [-0.3, -0.25) is 4.98 Å². The molecular formula is C17H15ClN2. The monoisotopic (exact) mass is 282 g/mol. The first kappa shape index (κ1) is 12.9. The van der Waals surface area contributed by atoms with Crippen molar-refractivity contribution in [2.45, 2.75) is 13.0 Å². The number of aromatic nitrogens is 1. The van der Waals surface area contributed by atoms with Gasteiger partial charge in [-0.05, 0) is 42.1 Å². The number of anilines is 1. The van der Waals surface area contributed by atoms with Crippen LogP contribution in [0.15, 0.2) is 60.9 Å². The molecule has 0 saturated heterocycles. The standard InChI is InChI=1S/C17H15ClN2/c1-12(13-5-7-15(18)8-6-13)20-17-4-2-3-14-9-10-19-11-16(14)17/h2-12,20H,1H3. The van der Waals surface area contributed by atoms with Crippen LogP contribution in [0.4, 0.5) is 5.69 Å². The summed E-state index contributed by atoms with van der Waals surface area (Å²) in [6, 6.07) is 16.4. The summed E-state index contributed by atoms with van der Waals surface area (Å²) < 4.78 is 0. The van der Waals surface area contributed by atoms with Gasteiger partial charge in [0.2, 0.25) is 0 Å². The summed E-state index contributed by atoms with van der Waals surface area (Å²) in [5.74, 6) is 0. The van der Waals surface area contributed by atoms with Gasteiger partial charge in [0.25, 0.3) is 0 Å². The maximum atomic E-state index is 5.93. The van der Waals surface area contributed by atoms with Gasteiger partial charge in [-0.1, -0.05) is 35.9 Å². The summed E-state index contributed by atoms with van der Waals surface area (Å²) in [6.07, 6.45) is 3.71. The number of pyridine rings is 1. The molecule has 3 aromatic rings. The summed E-state index contributed by atoms with van der Waals surface area (Å²) >= 11 is 5.93. The number of hydrogen-bond acceptors (Lipinski definition) is 2. The van der Waals surface area contributed by atoms with Gasteiger partial charge in [0.1, 0.15) is 0 Å². The highest BCUT2D eigenvalue weighted by Crippen LogP contribution is 2.26. The zero-order valence-corrected chi connectivity index (χ0v) is 11.9. The van der Waals surface area contributed by atoms with Crippen molar-refractivity contribution in [1.29, 1.82) is 0 Å². The Labute approximate surface area is 123 Å². The summed E-state index contributed by atoms with van der Waals surface area (Å²) in [4.78, 5) is 4.21. The molecule has 0 bridgehead atoms. The Kier molecular flexibility index (Phi) is 3.57. The maximum absolute atomic E-state index is 5.93. The molecule has 0 fully saturated rings. The molecule has 0 aliphatic carbocycles. The Morgan fingerprint density at radius 3 is 2.65 bits per heavy atom. The highest BCUT2D eigenvalue weighted by atomic mass is 35.5. The van der Waals surface area contributed by atoms with Crippen LogP contribution in [0.3, 0.4) is 0 Å². The summed E-state index contributed by atoms with van der Waals surface area (Å²) in [5.41, 5.74) is 2.30. The van der Waals surface area contributed by atoms with Crippen molar-refractivity contribution in [1.82, 2.24) is 4.98 Å². The van der Waals surface area contributed by atoms with E-state index in [1.54, 1.807) is 0 Å². The molecule has 0 saturated carbocycles. The molecule has 0 aliphatic heterocycles. The maximum Gasteiger partial charge on any atom is 0.0485 e. The van der Waals surface area contributed by atoms with Gasteiger partial charge in [-0.2, -0.15) is 0 Å². The Morgan fingerprint density at radius 2 is 1.85 bits per heavy atom. The van der Waals surface area contributed by atoms with E-state index in [1.165, 1.54) is 10.9 Å². The normalized spacial score (nSPS) is 12.3. The van der Waals surface area contributed by atoms with Crippen molar-refractivity contribution in [3.8, 4) is 0 Å². The van der Waals surface area contributed by atoms with Crippen molar-refractivity contribution in [2.75, 3.05) is 5.32 Å². The van der Waals surface area contributed by atoms with Crippen LogP contribution in [-0.2, 0) is 0 Å². The second-order valence-electron chi connectivity index (χ2n) is 4.82. The Morgan fingerprint density at radius 1 is 1.05 bits per heavy atom. The third kappa shape index (κ3) is 2.61. The van der Waals surface area contributed by atoms with E-state index < -0.39 is 0 Å². The fourth-order valence-electron chi connectivity index (χ4n) is 2.31. The second-order valence-corrected chi connectivity index (χ2v) is 5.26. The van der Waals surface area contributed by atoms with Crippen molar-refractivity contribution >= 4 is 28.1 Å². The highest BCUT2D eigenvalue weighted by Gasteiger charge is 2.07. The second kappa shape index (κ2) is 5.51. The topological polar surface area (TPSA) is 24.9 Å². The molecular weight excluding hydrogens is 268 g/mol. The largest absolute Gasteiger partial charge is 0.378 e. The van der Waals surface area contributed by atoms with E-state index in [9.17, 15) is 0 Å². The summed E-state index contributed by atoms with van der Waals surface area (Å²) in [6.45, 7) is 2.14.